The Bertz CT molecular complexity index is 972. The van der Waals surface area contributed by atoms with Gasteiger partial charge in [-0.05, 0) is 18.2 Å². The van der Waals surface area contributed by atoms with Gasteiger partial charge in [0.2, 0.25) is 5.91 Å². The van der Waals surface area contributed by atoms with Crippen molar-refractivity contribution >= 4 is 17.2 Å². The molecule has 9 heteroatoms. The van der Waals surface area contributed by atoms with Crippen LogP contribution in [0.5, 0.6) is 5.75 Å². The smallest absolute Gasteiger partial charge is 0.405 e. The normalized spacial score (nSPS) is 11.3. The predicted octanol–water partition coefficient (Wildman–Crippen LogP) is 4.71. The van der Waals surface area contributed by atoms with E-state index in [4.69, 9.17) is 0 Å². The van der Waals surface area contributed by atoms with Crippen LogP contribution in [0.1, 0.15) is 11.3 Å². The van der Waals surface area contributed by atoms with Gasteiger partial charge in [-0.3, -0.25) is 4.79 Å². The molecule has 0 saturated carbocycles. The molecular weight excluding hydrogens is 396 g/mol. The van der Waals surface area contributed by atoms with Gasteiger partial charge in [-0.1, -0.05) is 30.3 Å². The fourth-order valence-corrected chi connectivity index (χ4v) is 3.25. The van der Waals surface area contributed by atoms with Gasteiger partial charge in [0.15, 0.2) is 0 Å². The van der Waals surface area contributed by atoms with Gasteiger partial charge < -0.3 is 10.1 Å². The minimum atomic E-state index is -4.81. The minimum Gasteiger partial charge on any atom is -0.405 e. The summed E-state index contributed by atoms with van der Waals surface area (Å²) in [7, 11) is 0. The number of rotatable bonds is 6. The average molecular weight is 410 g/mol. The number of thiazole rings is 1. The largest absolute Gasteiger partial charge is 0.573 e. The van der Waals surface area contributed by atoms with E-state index in [1.807, 2.05) is 0 Å². The molecule has 146 valence electrons. The first-order valence-electron chi connectivity index (χ1n) is 8.11. The zero-order valence-corrected chi connectivity index (χ0v) is 15.1. The van der Waals surface area contributed by atoms with E-state index < -0.39 is 12.3 Å². The highest BCUT2D eigenvalue weighted by Gasteiger charge is 2.32. The number of ether oxygens (including phenoxy) is 1. The monoisotopic (exact) mass is 410 g/mol. The quantitative estimate of drug-likeness (QED) is 0.599. The third kappa shape index (κ3) is 5.53. The number of hydrogen-bond acceptors (Lipinski definition) is 4. The molecule has 0 atom stereocenters. The molecule has 0 saturated heterocycles. The van der Waals surface area contributed by atoms with E-state index >= 15 is 0 Å². The lowest BCUT2D eigenvalue weighted by molar-refractivity contribution is -0.274. The maximum atomic E-state index is 13.3. The molecule has 1 aromatic heterocycles. The van der Waals surface area contributed by atoms with E-state index in [2.05, 4.69) is 15.0 Å². The first kappa shape index (κ1) is 19.8. The summed E-state index contributed by atoms with van der Waals surface area (Å²) in [6, 6.07) is 11.5. The lowest BCUT2D eigenvalue weighted by Gasteiger charge is -2.13. The van der Waals surface area contributed by atoms with Gasteiger partial charge in [-0.15, -0.1) is 24.5 Å². The van der Waals surface area contributed by atoms with E-state index in [-0.39, 0.29) is 30.1 Å². The summed E-state index contributed by atoms with van der Waals surface area (Å²) in [4.78, 5) is 16.4. The van der Waals surface area contributed by atoms with Gasteiger partial charge in [0, 0.05) is 23.1 Å². The number of carbonyl (C=O) groups excluding carboxylic acids is 1. The van der Waals surface area contributed by atoms with Gasteiger partial charge in [-0.2, -0.15) is 0 Å². The Morgan fingerprint density at radius 3 is 2.68 bits per heavy atom. The number of para-hydroxylation sites is 1. The summed E-state index contributed by atoms with van der Waals surface area (Å²) in [5, 5.41) is 4.81. The van der Waals surface area contributed by atoms with Crippen molar-refractivity contribution < 1.29 is 27.1 Å². The van der Waals surface area contributed by atoms with E-state index in [0.717, 1.165) is 0 Å². The van der Waals surface area contributed by atoms with Crippen LogP contribution in [0.15, 0.2) is 53.9 Å². The zero-order valence-electron chi connectivity index (χ0n) is 14.3. The minimum absolute atomic E-state index is 0.0475. The number of halogens is 4. The molecule has 0 radical (unpaired) electrons. The molecule has 0 spiro atoms. The second kappa shape index (κ2) is 8.39. The Kier molecular flexibility index (Phi) is 5.93. The predicted molar refractivity (Wildman–Crippen MR) is 96.2 cm³/mol. The maximum absolute atomic E-state index is 13.3. The summed E-state index contributed by atoms with van der Waals surface area (Å²) in [6.45, 7) is -0.119. The van der Waals surface area contributed by atoms with Crippen LogP contribution < -0.4 is 10.1 Å². The Balaban J connectivity index is 1.60. The molecule has 3 aromatic rings. The first-order chi connectivity index (χ1) is 13.3. The van der Waals surface area contributed by atoms with E-state index in [0.29, 0.717) is 16.3 Å². The molecule has 1 N–H and O–H groups in total. The molecule has 2 aromatic carbocycles. The van der Waals surface area contributed by atoms with Gasteiger partial charge in [-0.25, -0.2) is 9.37 Å². The number of nitrogens with one attached hydrogen (secondary N) is 1. The van der Waals surface area contributed by atoms with Crippen LogP contribution >= 0.6 is 11.3 Å². The van der Waals surface area contributed by atoms with Crippen LogP contribution in [0.4, 0.5) is 17.6 Å². The Hall–Kier alpha value is -2.94. The van der Waals surface area contributed by atoms with Gasteiger partial charge in [0.05, 0.1) is 12.1 Å². The third-order valence-electron chi connectivity index (χ3n) is 3.64. The van der Waals surface area contributed by atoms with Gasteiger partial charge in [0.1, 0.15) is 16.6 Å². The summed E-state index contributed by atoms with van der Waals surface area (Å²) < 4.78 is 54.6. The van der Waals surface area contributed by atoms with Crippen molar-refractivity contribution in [3.05, 3.63) is 71.0 Å². The number of carbonyl (C=O) groups is 1. The van der Waals surface area contributed by atoms with Crippen LogP contribution in [0, 0.1) is 5.82 Å². The van der Waals surface area contributed by atoms with Crippen molar-refractivity contribution in [2.24, 2.45) is 0 Å². The molecule has 0 aliphatic heterocycles. The molecule has 0 bridgehead atoms. The van der Waals surface area contributed by atoms with Crippen LogP contribution in [0.2, 0.25) is 0 Å². The third-order valence-corrected chi connectivity index (χ3v) is 4.58. The molecule has 1 heterocycles. The van der Waals surface area contributed by atoms with E-state index in [1.54, 1.807) is 23.6 Å². The van der Waals surface area contributed by atoms with Crippen molar-refractivity contribution in [1.82, 2.24) is 10.3 Å². The number of amides is 1. The molecule has 0 aliphatic rings. The number of alkyl halides is 3. The van der Waals surface area contributed by atoms with Crippen LogP contribution in [0.3, 0.4) is 0 Å². The van der Waals surface area contributed by atoms with Crippen molar-refractivity contribution in [1.29, 1.82) is 0 Å². The van der Waals surface area contributed by atoms with Crippen molar-refractivity contribution in [2.75, 3.05) is 0 Å². The Morgan fingerprint density at radius 2 is 1.93 bits per heavy atom. The molecule has 1 amide bonds. The second-order valence-corrected chi connectivity index (χ2v) is 6.62. The number of benzene rings is 2. The number of aromatic nitrogens is 1. The Morgan fingerprint density at radius 1 is 1.14 bits per heavy atom. The summed E-state index contributed by atoms with van der Waals surface area (Å²) in [5.41, 5.74) is 1.29. The number of nitrogens with zero attached hydrogens (tertiary/aromatic N) is 1. The topological polar surface area (TPSA) is 51.2 Å². The summed E-state index contributed by atoms with van der Waals surface area (Å²) in [5.74, 6) is -1.15. The van der Waals surface area contributed by atoms with Crippen LogP contribution in [-0.4, -0.2) is 17.3 Å². The van der Waals surface area contributed by atoms with Crippen molar-refractivity contribution in [3.8, 4) is 16.3 Å². The maximum Gasteiger partial charge on any atom is 0.573 e. The average Bonchev–Trinajstić information content (AvgIpc) is 3.08. The van der Waals surface area contributed by atoms with Crippen LogP contribution in [0.25, 0.3) is 10.6 Å². The van der Waals surface area contributed by atoms with Crippen LogP contribution in [-0.2, 0) is 17.8 Å². The highest BCUT2D eigenvalue weighted by molar-refractivity contribution is 7.13. The first-order valence-corrected chi connectivity index (χ1v) is 8.99. The lowest BCUT2D eigenvalue weighted by Crippen LogP contribution is -2.25. The van der Waals surface area contributed by atoms with Crippen molar-refractivity contribution in [3.63, 3.8) is 0 Å². The molecule has 0 unspecified atom stereocenters. The zero-order chi connectivity index (χ0) is 20.1. The van der Waals surface area contributed by atoms with Gasteiger partial charge in [0.25, 0.3) is 0 Å². The van der Waals surface area contributed by atoms with E-state index in [9.17, 15) is 22.4 Å². The highest BCUT2D eigenvalue weighted by Crippen LogP contribution is 2.26. The fourth-order valence-electron chi connectivity index (χ4n) is 2.44. The SMILES string of the molecule is O=C(Cc1csc(-c2cccc(F)c2)n1)NCc1ccccc1OC(F)(F)F. The molecule has 4 nitrogen and oxygen atoms in total. The van der Waals surface area contributed by atoms with Crippen molar-refractivity contribution in [2.45, 2.75) is 19.3 Å². The molecule has 3 rings (SSSR count). The lowest BCUT2D eigenvalue weighted by atomic mass is 10.2. The number of hydrogen-bond donors (Lipinski definition) is 1. The molecule has 28 heavy (non-hydrogen) atoms. The summed E-state index contributed by atoms with van der Waals surface area (Å²) >= 11 is 1.27. The van der Waals surface area contributed by atoms with E-state index in [1.165, 1.54) is 41.7 Å². The standard InChI is InChI=1S/C19H14F4N2O2S/c20-14-6-3-5-12(8-14)18-25-15(11-28-18)9-17(26)24-10-13-4-1-2-7-16(13)27-19(21,22)23/h1-8,11H,9-10H2,(H,24,26). The second-order valence-electron chi connectivity index (χ2n) is 5.76. The van der Waals surface area contributed by atoms with Gasteiger partial charge >= 0.3 is 6.36 Å². The summed E-state index contributed by atoms with van der Waals surface area (Å²) in [6.07, 6.45) is -4.86. The molecule has 0 aliphatic carbocycles. The fraction of sp³-hybridized carbons (Fsp3) is 0.158. The highest BCUT2D eigenvalue weighted by atomic mass is 32.1. The molecule has 0 fully saturated rings. The molecular formula is C19H14F4N2O2S. The Labute approximate surface area is 161 Å².